The van der Waals surface area contributed by atoms with Gasteiger partial charge >= 0.3 is 6.03 Å². The summed E-state index contributed by atoms with van der Waals surface area (Å²) in [7, 11) is 1.27. The number of ether oxygens (including phenoxy) is 1. The van der Waals surface area contributed by atoms with Crippen molar-refractivity contribution in [2.24, 2.45) is 0 Å². The Morgan fingerprint density at radius 3 is 2.49 bits per heavy atom. The summed E-state index contributed by atoms with van der Waals surface area (Å²) in [5, 5.41) is 7.40. The maximum Gasteiger partial charge on any atom is 0.322 e. The lowest BCUT2D eigenvalue weighted by Gasteiger charge is -2.29. The quantitative estimate of drug-likeness (QED) is 0.331. The lowest BCUT2D eigenvalue weighted by atomic mass is 9.88. The lowest BCUT2D eigenvalue weighted by molar-refractivity contribution is -0.125. The predicted octanol–water partition coefficient (Wildman–Crippen LogP) is 1.71. The molecule has 5 amide bonds. The molecular formula is C26H20F2N4O7. The van der Waals surface area contributed by atoms with E-state index >= 15 is 4.39 Å². The van der Waals surface area contributed by atoms with Crippen LogP contribution in [0.5, 0.6) is 5.75 Å². The molecule has 2 aromatic carbocycles. The van der Waals surface area contributed by atoms with Crippen LogP contribution >= 0.6 is 0 Å². The number of nitrogens with one attached hydrogen (secondary N) is 3. The highest BCUT2D eigenvalue weighted by atomic mass is 19.1. The SMILES string of the molecule is COc1ccc2c(c1F)C(=O)N(C[C@]1(c3cc4cc([C@@]5(C)NC(=O)CC5=O)c(F)cc4o3)NC(=O)NC1=O)C2. The van der Waals surface area contributed by atoms with Gasteiger partial charge in [0.1, 0.15) is 22.7 Å². The van der Waals surface area contributed by atoms with Gasteiger partial charge in [0.25, 0.3) is 11.8 Å². The Morgan fingerprint density at radius 1 is 1.08 bits per heavy atom. The molecule has 13 heteroatoms. The zero-order chi connectivity index (χ0) is 27.9. The van der Waals surface area contributed by atoms with Crippen molar-refractivity contribution in [3.8, 4) is 5.75 Å². The number of imide groups is 1. The van der Waals surface area contributed by atoms with E-state index in [1.165, 1.54) is 43.2 Å². The molecule has 0 saturated carbocycles. The van der Waals surface area contributed by atoms with Crippen molar-refractivity contribution in [1.82, 2.24) is 20.9 Å². The average molecular weight is 538 g/mol. The number of Topliss-reactive ketones (excluding diaryl/α,β-unsaturated/α-hetero) is 1. The van der Waals surface area contributed by atoms with Crippen LogP contribution in [-0.4, -0.2) is 48.1 Å². The van der Waals surface area contributed by atoms with E-state index < -0.39 is 65.2 Å². The first-order chi connectivity index (χ1) is 18.5. The standard InChI is InChI=1S/C26H20F2N4O7/c1-25(17(33)8-19(34)30-25)13-5-12-6-18(39-16(12)7-14(13)27)26(23(36)29-24(37)31-26)10-32-9-11-3-4-15(38-2)21(28)20(11)22(32)35/h3-7H,8-10H2,1-2H3,(H,30,34)(H2,29,31,36,37)/t25-,26-/m1/s1. The van der Waals surface area contributed by atoms with Crippen molar-refractivity contribution in [3.05, 3.63) is 64.4 Å². The first kappa shape index (κ1) is 24.5. The van der Waals surface area contributed by atoms with Gasteiger partial charge in [-0.25, -0.2) is 13.6 Å². The third-order valence-corrected chi connectivity index (χ3v) is 7.48. The van der Waals surface area contributed by atoms with Gasteiger partial charge in [0.15, 0.2) is 22.9 Å². The smallest absolute Gasteiger partial charge is 0.322 e. The normalized spacial score (nSPS) is 24.3. The first-order valence-corrected chi connectivity index (χ1v) is 11.8. The number of carbonyl (C=O) groups is 5. The molecule has 200 valence electrons. The average Bonchev–Trinajstić information content (AvgIpc) is 3.58. The monoisotopic (exact) mass is 538 g/mol. The number of rotatable bonds is 5. The van der Waals surface area contributed by atoms with Crippen LogP contribution in [-0.2, 0) is 32.0 Å². The van der Waals surface area contributed by atoms with Crippen LogP contribution in [0.2, 0.25) is 0 Å². The fourth-order valence-corrected chi connectivity index (χ4v) is 5.41. The minimum absolute atomic E-state index is 0.00763. The van der Waals surface area contributed by atoms with Crippen LogP contribution in [0.25, 0.3) is 11.0 Å². The molecule has 2 atom stereocenters. The number of hydrogen-bond donors (Lipinski definition) is 3. The second kappa shape index (κ2) is 8.09. The summed E-state index contributed by atoms with van der Waals surface area (Å²) in [6, 6.07) is 5.78. The maximum atomic E-state index is 15.2. The summed E-state index contributed by atoms with van der Waals surface area (Å²) in [6.45, 7) is 0.906. The Morgan fingerprint density at radius 2 is 1.85 bits per heavy atom. The summed E-state index contributed by atoms with van der Waals surface area (Å²) < 4.78 is 40.8. The minimum atomic E-state index is -1.92. The largest absolute Gasteiger partial charge is 0.494 e. The Balaban J connectivity index is 1.41. The van der Waals surface area contributed by atoms with Crippen molar-refractivity contribution < 1.29 is 41.9 Å². The molecule has 39 heavy (non-hydrogen) atoms. The minimum Gasteiger partial charge on any atom is -0.494 e. The molecule has 11 nitrogen and oxygen atoms in total. The number of hydrogen-bond acceptors (Lipinski definition) is 7. The van der Waals surface area contributed by atoms with Crippen molar-refractivity contribution in [2.75, 3.05) is 13.7 Å². The summed E-state index contributed by atoms with van der Waals surface area (Å²) in [6.07, 6.45) is -0.390. The van der Waals surface area contributed by atoms with Crippen molar-refractivity contribution >= 4 is 40.5 Å². The number of carbonyl (C=O) groups excluding carboxylic acids is 5. The number of amides is 5. The molecule has 2 fully saturated rings. The molecule has 0 bridgehead atoms. The Bertz CT molecular complexity index is 1670. The van der Waals surface area contributed by atoms with Crippen LogP contribution in [0.1, 0.15) is 40.6 Å². The van der Waals surface area contributed by atoms with Crippen molar-refractivity contribution in [3.63, 3.8) is 0 Å². The Labute approximate surface area is 218 Å². The van der Waals surface area contributed by atoms with Gasteiger partial charge in [0, 0.05) is 23.6 Å². The lowest BCUT2D eigenvalue weighted by Crippen LogP contribution is -2.52. The maximum absolute atomic E-state index is 15.2. The number of ketones is 1. The van der Waals surface area contributed by atoms with Gasteiger partial charge in [-0.3, -0.25) is 24.5 Å². The first-order valence-electron chi connectivity index (χ1n) is 11.8. The summed E-state index contributed by atoms with van der Waals surface area (Å²) in [5.74, 6) is -4.51. The molecule has 0 radical (unpaired) electrons. The molecule has 0 unspecified atom stereocenters. The van der Waals surface area contributed by atoms with E-state index in [0.717, 1.165) is 6.07 Å². The van der Waals surface area contributed by atoms with Gasteiger partial charge in [-0.1, -0.05) is 6.07 Å². The van der Waals surface area contributed by atoms with E-state index in [-0.39, 0.29) is 40.2 Å². The van der Waals surface area contributed by atoms with Gasteiger partial charge in [-0.05, 0) is 30.7 Å². The second-order valence-electron chi connectivity index (χ2n) is 9.84. The third kappa shape index (κ3) is 3.42. The number of urea groups is 1. The highest BCUT2D eigenvalue weighted by Crippen LogP contribution is 2.38. The highest BCUT2D eigenvalue weighted by molar-refractivity contribution is 6.11. The summed E-state index contributed by atoms with van der Waals surface area (Å²) in [5.41, 5.74) is -3.46. The fraction of sp³-hybridized carbons (Fsp3) is 0.269. The zero-order valence-electron chi connectivity index (χ0n) is 20.6. The van der Waals surface area contributed by atoms with Gasteiger partial charge in [0.2, 0.25) is 5.91 Å². The number of halogens is 2. The fourth-order valence-electron chi connectivity index (χ4n) is 5.41. The van der Waals surface area contributed by atoms with Gasteiger partial charge < -0.3 is 24.7 Å². The predicted molar refractivity (Wildman–Crippen MR) is 127 cm³/mol. The molecule has 3 aliphatic heterocycles. The number of methoxy groups -OCH3 is 1. The van der Waals surface area contributed by atoms with Crippen LogP contribution in [0.3, 0.4) is 0 Å². The number of nitrogens with zero attached hydrogens (tertiary/aromatic N) is 1. The Kier molecular flexibility index (Phi) is 5.09. The van der Waals surface area contributed by atoms with E-state index in [0.29, 0.717) is 5.56 Å². The topological polar surface area (TPSA) is 147 Å². The van der Waals surface area contributed by atoms with E-state index in [2.05, 4.69) is 16.0 Å². The molecule has 6 rings (SSSR count). The molecule has 4 heterocycles. The molecule has 2 saturated heterocycles. The van der Waals surface area contributed by atoms with E-state index in [1.54, 1.807) is 0 Å². The molecule has 0 aliphatic carbocycles. The van der Waals surface area contributed by atoms with E-state index in [4.69, 9.17) is 9.15 Å². The number of benzene rings is 2. The Hall–Kier alpha value is -4.81. The van der Waals surface area contributed by atoms with Crippen LogP contribution in [0.15, 0.2) is 34.7 Å². The van der Waals surface area contributed by atoms with Crippen LogP contribution in [0, 0.1) is 11.6 Å². The van der Waals surface area contributed by atoms with Gasteiger partial charge in [-0.15, -0.1) is 0 Å². The van der Waals surface area contributed by atoms with Crippen LogP contribution in [0.4, 0.5) is 13.6 Å². The summed E-state index contributed by atoms with van der Waals surface area (Å²) in [4.78, 5) is 64.0. The molecule has 3 aliphatic rings. The van der Waals surface area contributed by atoms with E-state index in [1.807, 2.05) is 0 Å². The molecule has 3 aromatic rings. The number of furan rings is 1. The van der Waals surface area contributed by atoms with Crippen molar-refractivity contribution in [1.29, 1.82) is 0 Å². The van der Waals surface area contributed by atoms with Crippen molar-refractivity contribution in [2.45, 2.75) is 31.0 Å². The van der Waals surface area contributed by atoms with E-state index in [9.17, 15) is 28.4 Å². The zero-order valence-corrected chi connectivity index (χ0v) is 20.6. The third-order valence-electron chi connectivity index (χ3n) is 7.48. The molecule has 1 aromatic heterocycles. The molecule has 3 N–H and O–H groups in total. The second-order valence-corrected chi connectivity index (χ2v) is 9.84. The molecule has 0 spiro atoms. The van der Waals surface area contributed by atoms with Crippen LogP contribution < -0.4 is 20.7 Å². The number of fused-ring (bicyclic) bond motifs is 2. The van der Waals surface area contributed by atoms with Gasteiger partial charge in [-0.2, -0.15) is 0 Å². The van der Waals surface area contributed by atoms with Gasteiger partial charge in [0.05, 0.1) is 25.6 Å². The summed E-state index contributed by atoms with van der Waals surface area (Å²) >= 11 is 0. The highest BCUT2D eigenvalue weighted by Gasteiger charge is 2.53. The molecular weight excluding hydrogens is 518 g/mol.